The summed E-state index contributed by atoms with van der Waals surface area (Å²) in [6.45, 7) is 4.50. The molecular weight excluding hydrogens is 324 g/mol. The van der Waals surface area contributed by atoms with Crippen LogP contribution in [0.25, 0.3) is 0 Å². The Morgan fingerprint density at radius 2 is 2.26 bits per heavy atom. The van der Waals surface area contributed by atoms with Gasteiger partial charge in [-0.15, -0.1) is 11.3 Å². The lowest BCUT2D eigenvalue weighted by molar-refractivity contribution is 0.301. The molecule has 0 aliphatic rings. The molecule has 0 aliphatic carbocycles. The number of halogens is 1. The standard InChI is InChI=1S/C14H17BrN2OS/c1-9(16)5-11-6-13(3-4-14(11)15)18-7-12-8-19-10(2)17-12/h3-4,6,8-9H,5,7,16H2,1-2H3. The van der Waals surface area contributed by atoms with Crippen molar-refractivity contribution >= 4 is 27.3 Å². The SMILES string of the molecule is Cc1nc(COc2ccc(Br)c(CC(C)N)c2)cs1. The molecule has 0 spiro atoms. The second-order valence-electron chi connectivity index (χ2n) is 4.58. The Balaban J connectivity index is 2.04. The summed E-state index contributed by atoms with van der Waals surface area (Å²) in [6.07, 6.45) is 0.827. The summed E-state index contributed by atoms with van der Waals surface area (Å²) in [5.74, 6) is 0.851. The van der Waals surface area contributed by atoms with Crippen LogP contribution in [0.3, 0.4) is 0 Å². The molecule has 0 fully saturated rings. The molecule has 1 atom stereocenters. The van der Waals surface area contributed by atoms with Gasteiger partial charge in [0.1, 0.15) is 12.4 Å². The minimum atomic E-state index is 0.132. The van der Waals surface area contributed by atoms with Gasteiger partial charge in [0.25, 0.3) is 0 Å². The molecule has 0 saturated carbocycles. The molecule has 0 radical (unpaired) electrons. The number of aromatic nitrogens is 1. The highest BCUT2D eigenvalue weighted by molar-refractivity contribution is 9.10. The number of aryl methyl sites for hydroxylation is 1. The number of hydrogen-bond acceptors (Lipinski definition) is 4. The molecule has 19 heavy (non-hydrogen) atoms. The van der Waals surface area contributed by atoms with Crippen LogP contribution in [0.5, 0.6) is 5.75 Å². The highest BCUT2D eigenvalue weighted by Crippen LogP contribution is 2.24. The molecule has 2 aromatic rings. The fraction of sp³-hybridized carbons (Fsp3) is 0.357. The van der Waals surface area contributed by atoms with Crippen molar-refractivity contribution in [3.8, 4) is 5.75 Å². The second-order valence-corrected chi connectivity index (χ2v) is 6.50. The molecule has 0 bridgehead atoms. The van der Waals surface area contributed by atoms with Crippen molar-refractivity contribution in [3.63, 3.8) is 0 Å². The molecule has 3 nitrogen and oxygen atoms in total. The van der Waals surface area contributed by atoms with Gasteiger partial charge in [-0.1, -0.05) is 15.9 Å². The maximum absolute atomic E-state index is 5.84. The van der Waals surface area contributed by atoms with Gasteiger partial charge in [0.15, 0.2) is 0 Å². The highest BCUT2D eigenvalue weighted by Gasteiger charge is 2.06. The molecule has 1 unspecified atom stereocenters. The maximum Gasteiger partial charge on any atom is 0.131 e. The molecular formula is C14H17BrN2OS. The molecule has 0 saturated heterocycles. The van der Waals surface area contributed by atoms with E-state index in [2.05, 4.69) is 20.9 Å². The molecule has 1 aromatic carbocycles. The fourth-order valence-corrected chi connectivity index (χ4v) is 2.78. The summed E-state index contributed by atoms with van der Waals surface area (Å²) in [5.41, 5.74) is 7.98. The van der Waals surface area contributed by atoms with Crippen LogP contribution >= 0.6 is 27.3 Å². The van der Waals surface area contributed by atoms with Crippen LogP contribution in [0.2, 0.25) is 0 Å². The van der Waals surface area contributed by atoms with E-state index in [0.29, 0.717) is 6.61 Å². The Labute approximate surface area is 125 Å². The zero-order valence-corrected chi connectivity index (χ0v) is 13.4. The van der Waals surface area contributed by atoms with Crippen molar-refractivity contribution < 1.29 is 4.74 Å². The molecule has 0 aliphatic heterocycles. The number of hydrogen-bond donors (Lipinski definition) is 1. The van der Waals surface area contributed by atoms with Gasteiger partial charge in [0.05, 0.1) is 10.7 Å². The van der Waals surface area contributed by atoms with Gasteiger partial charge in [0, 0.05) is 15.9 Å². The van der Waals surface area contributed by atoms with E-state index < -0.39 is 0 Å². The number of benzene rings is 1. The number of thiazole rings is 1. The lowest BCUT2D eigenvalue weighted by atomic mass is 10.1. The zero-order chi connectivity index (χ0) is 13.8. The zero-order valence-electron chi connectivity index (χ0n) is 11.0. The lowest BCUT2D eigenvalue weighted by Gasteiger charge is -2.10. The van der Waals surface area contributed by atoms with E-state index in [1.807, 2.05) is 37.4 Å². The van der Waals surface area contributed by atoms with E-state index >= 15 is 0 Å². The third-order valence-electron chi connectivity index (χ3n) is 2.61. The third kappa shape index (κ3) is 4.30. The largest absolute Gasteiger partial charge is 0.487 e. The van der Waals surface area contributed by atoms with Crippen LogP contribution in [-0.4, -0.2) is 11.0 Å². The highest BCUT2D eigenvalue weighted by atomic mass is 79.9. The van der Waals surface area contributed by atoms with Crippen LogP contribution in [0.15, 0.2) is 28.1 Å². The first-order valence-corrected chi connectivity index (χ1v) is 7.79. The lowest BCUT2D eigenvalue weighted by Crippen LogP contribution is -2.18. The Bertz CT molecular complexity index is 554. The Hall–Kier alpha value is -0.910. The van der Waals surface area contributed by atoms with Crippen LogP contribution < -0.4 is 10.5 Å². The number of nitrogens with two attached hydrogens (primary N) is 1. The topological polar surface area (TPSA) is 48.1 Å². The predicted octanol–water partition coefficient (Wildman–Crippen LogP) is 3.68. The summed E-state index contributed by atoms with van der Waals surface area (Å²) < 4.78 is 6.84. The van der Waals surface area contributed by atoms with E-state index in [1.165, 1.54) is 5.56 Å². The first-order chi connectivity index (χ1) is 9.04. The monoisotopic (exact) mass is 340 g/mol. The summed E-state index contributed by atoms with van der Waals surface area (Å²) in [5, 5.41) is 3.09. The molecule has 102 valence electrons. The molecule has 1 aromatic heterocycles. The van der Waals surface area contributed by atoms with Gasteiger partial charge in [0.2, 0.25) is 0 Å². The number of ether oxygens (including phenoxy) is 1. The Kier molecular flexibility index (Phi) is 4.96. The Morgan fingerprint density at radius 3 is 2.89 bits per heavy atom. The minimum absolute atomic E-state index is 0.132. The summed E-state index contributed by atoms with van der Waals surface area (Å²) >= 11 is 5.17. The summed E-state index contributed by atoms with van der Waals surface area (Å²) in [6, 6.07) is 6.12. The van der Waals surface area contributed by atoms with E-state index in [0.717, 1.165) is 27.3 Å². The Morgan fingerprint density at radius 1 is 1.47 bits per heavy atom. The normalized spacial score (nSPS) is 12.4. The van der Waals surface area contributed by atoms with Crippen molar-refractivity contribution in [1.29, 1.82) is 0 Å². The number of rotatable bonds is 5. The fourth-order valence-electron chi connectivity index (χ4n) is 1.78. The van der Waals surface area contributed by atoms with Crippen molar-refractivity contribution in [1.82, 2.24) is 4.98 Å². The van der Waals surface area contributed by atoms with Gasteiger partial charge in [-0.2, -0.15) is 0 Å². The smallest absolute Gasteiger partial charge is 0.131 e. The minimum Gasteiger partial charge on any atom is -0.487 e. The molecule has 5 heteroatoms. The van der Waals surface area contributed by atoms with Crippen LogP contribution in [0.4, 0.5) is 0 Å². The van der Waals surface area contributed by atoms with Crippen molar-refractivity contribution in [2.24, 2.45) is 5.73 Å². The summed E-state index contributed by atoms with van der Waals surface area (Å²) in [7, 11) is 0. The van der Waals surface area contributed by atoms with E-state index in [-0.39, 0.29) is 6.04 Å². The molecule has 0 amide bonds. The third-order valence-corrected chi connectivity index (χ3v) is 4.21. The van der Waals surface area contributed by atoms with Crippen LogP contribution in [0.1, 0.15) is 23.2 Å². The molecule has 2 N–H and O–H groups in total. The van der Waals surface area contributed by atoms with E-state index in [1.54, 1.807) is 11.3 Å². The van der Waals surface area contributed by atoms with Gasteiger partial charge < -0.3 is 10.5 Å². The first-order valence-electron chi connectivity index (χ1n) is 6.12. The maximum atomic E-state index is 5.84. The average molecular weight is 341 g/mol. The van der Waals surface area contributed by atoms with Crippen LogP contribution in [-0.2, 0) is 13.0 Å². The van der Waals surface area contributed by atoms with Gasteiger partial charge in [-0.3, -0.25) is 0 Å². The van der Waals surface area contributed by atoms with Crippen LogP contribution in [0, 0.1) is 6.92 Å². The number of nitrogens with zero attached hydrogens (tertiary/aromatic N) is 1. The average Bonchev–Trinajstić information content (AvgIpc) is 2.75. The second kappa shape index (κ2) is 6.50. The van der Waals surface area contributed by atoms with Crippen molar-refractivity contribution in [2.45, 2.75) is 32.9 Å². The van der Waals surface area contributed by atoms with Gasteiger partial charge in [-0.05, 0) is 44.0 Å². The first kappa shape index (κ1) is 14.5. The van der Waals surface area contributed by atoms with Crippen molar-refractivity contribution in [3.05, 3.63) is 44.3 Å². The quantitative estimate of drug-likeness (QED) is 0.902. The van der Waals surface area contributed by atoms with E-state index in [4.69, 9.17) is 10.5 Å². The molecule has 2 rings (SSSR count). The van der Waals surface area contributed by atoms with Crippen molar-refractivity contribution in [2.75, 3.05) is 0 Å². The van der Waals surface area contributed by atoms with Gasteiger partial charge in [-0.25, -0.2) is 4.98 Å². The predicted molar refractivity (Wildman–Crippen MR) is 82.7 cm³/mol. The summed E-state index contributed by atoms with van der Waals surface area (Å²) in [4.78, 5) is 4.38. The molecule has 1 heterocycles. The van der Waals surface area contributed by atoms with Gasteiger partial charge >= 0.3 is 0 Å². The van der Waals surface area contributed by atoms with E-state index in [9.17, 15) is 0 Å².